The van der Waals surface area contributed by atoms with E-state index < -0.39 is 6.04 Å². The van der Waals surface area contributed by atoms with Gasteiger partial charge in [-0.25, -0.2) is 4.98 Å². The summed E-state index contributed by atoms with van der Waals surface area (Å²) in [4.78, 5) is 16.7. The molecule has 1 aromatic heterocycles. The molecule has 1 fully saturated rings. The van der Waals surface area contributed by atoms with Gasteiger partial charge in [-0.05, 0) is 18.8 Å². The van der Waals surface area contributed by atoms with E-state index in [1.165, 1.54) is 0 Å². The van der Waals surface area contributed by atoms with Gasteiger partial charge >= 0.3 is 0 Å². The first-order chi connectivity index (χ1) is 9.88. The van der Waals surface area contributed by atoms with Crippen LogP contribution in [0.1, 0.15) is 44.3 Å². The molecule has 2 heterocycles. The van der Waals surface area contributed by atoms with E-state index in [1.807, 2.05) is 0 Å². The highest BCUT2D eigenvalue weighted by Gasteiger charge is 2.26. The molecule has 118 valence electrons. The second kappa shape index (κ2) is 6.85. The molecule has 1 atom stereocenters. The molecule has 0 spiro atoms. The zero-order valence-electron chi connectivity index (χ0n) is 13.0. The molecule has 1 unspecified atom stereocenters. The van der Waals surface area contributed by atoms with Crippen molar-refractivity contribution in [3.63, 3.8) is 0 Å². The summed E-state index contributed by atoms with van der Waals surface area (Å²) in [6.45, 7) is 8.25. The SMILES string of the molecule is CC(C)(C)c1csc(CNC(=O)C(N)C2CCOCC2)n1. The van der Waals surface area contributed by atoms with Crippen molar-refractivity contribution in [2.24, 2.45) is 11.7 Å². The zero-order valence-corrected chi connectivity index (χ0v) is 13.8. The van der Waals surface area contributed by atoms with Crippen LogP contribution in [0, 0.1) is 5.92 Å². The lowest BCUT2D eigenvalue weighted by Crippen LogP contribution is -2.46. The van der Waals surface area contributed by atoms with Crippen LogP contribution in [0.25, 0.3) is 0 Å². The molecule has 1 aliphatic heterocycles. The monoisotopic (exact) mass is 311 g/mol. The minimum atomic E-state index is -0.448. The zero-order chi connectivity index (χ0) is 15.5. The Kier molecular flexibility index (Phi) is 5.35. The standard InChI is InChI=1S/C15H25N3O2S/c1-15(2,3)11-9-21-12(18-11)8-17-14(19)13(16)10-4-6-20-7-5-10/h9-10,13H,4-8,16H2,1-3H3,(H,17,19). The van der Waals surface area contributed by atoms with Crippen molar-refractivity contribution in [2.75, 3.05) is 13.2 Å². The summed E-state index contributed by atoms with van der Waals surface area (Å²) in [5, 5.41) is 5.88. The van der Waals surface area contributed by atoms with Crippen LogP contribution in [0.2, 0.25) is 0 Å². The summed E-state index contributed by atoms with van der Waals surface area (Å²) in [5.41, 5.74) is 7.15. The normalized spacial score (nSPS) is 18.5. The molecule has 5 nitrogen and oxygen atoms in total. The van der Waals surface area contributed by atoms with E-state index in [4.69, 9.17) is 10.5 Å². The third-order valence-corrected chi connectivity index (χ3v) is 4.66. The molecule has 0 aromatic carbocycles. The smallest absolute Gasteiger partial charge is 0.237 e. The molecule has 1 saturated heterocycles. The summed E-state index contributed by atoms with van der Waals surface area (Å²) in [6.07, 6.45) is 1.72. The first-order valence-electron chi connectivity index (χ1n) is 7.44. The predicted molar refractivity (Wildman–Crippen MR) is 84.2 cm³/mol. The molecule has 3 N–H and O–H groups in total. The summed E-state index contributed by atoms with van der Waals surface area (Å²) in [7, 11) is 0. The summed E-state index contributed by atoms with van der Waals surface area (Å²) >= 11 is 1.58. The first kappa shape index (κ1) is 16.4. The number of carbonyl (C=O) groups excluding carboxylic acids is 1. The van der Waals surface area contributed by atoms with Crippen molar-refractivity contribution >= 4 is 17.2 Å². The number of hydrogen-bond acceptors (Lipinski definition) is 5. The maximum absolute atomic E-state index is 12.1. The molecule has 21 heavy (non-hydrogen) atoms. The molecular weight excluding hydrogens is 286 g/mol. The minimum Gasteiger partial charge on any atom is -0.381 e. The van der Waals surface area contributed by atoms with Crippen LogP contribution < -0.4 is 11.1 Å². The number of carbonyl (C=O) groups is 1. The van der Waals surface area contributed by atoms with Crippen LogP contribution in [-0.4, -0.2) is 30.1 Å². The average Bonchev–Trinajstić information content (AvgIpc) is 2.94. The van der Waals surface area contributed by atoms with E-state index in [0.717, 1.165) is 23.5 Å². The number of nitrogens with one attached hydrogen (secondary N) is 1. The number of amides is 1. The number of hydrogen-bond donors (Lipinski definition) is 2. The van der Waals surface area contributed by atoms with Gasteiger partial charge in [0.1, 0.15) is 5.01 Å². The van der Waals surface area contributed by atoms with Crippen molar-refractivity contribution in [3.8, 4) is 0 Å². The third kappa shape index (κ3) is 4.49. The lowest BCUT2D eigenvalue weighted by molar-refractivity contribution is -0.124. The van der Waals surface area contributed by atoms with Gasteiger partial charge in [0.15, 0.2) is 0 Å². The molecule has 6 heteroatoms. The molecule has 0 radical (unpaired) electrons. The van der Waals surface area contributed by atoms with Gasteiger partial charge in [0.2, 0.25) is 5.91 Å². The van der Waals surface area contributed by atoms with E-state index in [9.17, 15) is 4.79 Å². The number of rotatable bonds is 4. The highest BCUT2D eigenvalue weighted by molar-refractivity contribution is 7.09. The molecule has 0 saturated carbocycles. The fourth-order valence-corrected chi connectivity index (χ4v) is 3.27. The second-order valence-corrected chi connectivity index (χ2v) is 7.51. The van der Waals surface area contributed by atoms with Gasteiger partial charge in [-0.1, -0.05) is 20.8 Å². The van der Waals surface area contributed by atoms with Crippen LogP contribution >= 0.6 is 11.3 Å². The van der Waals surface area contributed by atoms with E-state index in [1.54, 1.807) is 11.3 Å². The Balaban J connectivity index is 1.84. The summed E-state index contributed by atoms with van der Waals surface area (Å²) < 4.78 is 5.30. The Morgan fingerprint density at radius 1 is 1.52 bits per heavy atom. The molecule has 0 bridgehead atoms. The molecule has 1 aromatic rings. The van der Waals surface area contributed by atoms with Crippen LogP contribution in [0.4, 0.5) is 0 Å². The Bertz CT molecular complexity index is 476. The van der Waals surface area contributed by atoms with E-state index in [0.29, 0.717) is 19.8 Å². The van der Waals surface area contributed by atoms with Crippen molar-refractivity contribution in [3.05, 3.63) is 16.1 Å². The maximum atomic E-state index is 12.1. The fourth-order valence-electron chi connectivity index (χ4n) is 2.31. The van der Waals surface area contributed by atoms with Crippen molar-refractivity contribution in [1.82, 2.24) is 10.3 Å². The van der Waals surface area contributed by atoms with Crippen LogP contribution in [-0.2, 0) is 21.5 Å². The molecule has 1 aliphatic rings. The van der Waals surface area contributed by atoms with Gasteiger partial charge in [0.05, 0.1) is 18.3 Å². The predicted octanol–water partition coefficient (Wildman–Crippen LogP) is 1.81. The third-order valence-electron chi connectivity index (χ3n) is 3.81. The van der Waals surface area contributed by atoms with Gasteiger partial charge in [-0.3, -0.25) is 4.79 Å². The number of nitrogens with two attached hydrogens (primary N) is 1. The lowest BCUT2D eigenvalue weighted by atomic mass is 9.92. The first-order valence-corrected chi connectivity index (χ1v) is 8.32. The maximum Gasteiger partial charge on any atom is 0.237 e. The molecule has 1 amide bonds. The van der Waals surface area contributed by atoms with Gasteiger partial charge in [-0.15, -0.1) is 11.3 Å². The quantitative estimate of drug-likeness (QED) is 0.889. The van der Waals surface area contributed by atoms with Crippen LogP contribution in [0.15, 0.2) is 5.38 Å². The van der Waals surface area contributed by atoms with E-state index in [-0.39, 0.29) is 17.2 Å². The van der Waals surface area contributed by atoms with Crippen molar-refractivity contribution < 1.29 is 9.53 Å². The van der Waals surface area contributed by atoms with Gasteiger partial charge in [-0.2, -0.15) is 0 Å². The fraction of sp³-hybridized carbons (Fsp3) is 0.733. The highest BCUT2D eigenvalue weighted by atomic mass is 32.1. The average molecular weight is 311 g/mol. The van der Waals surface area contributed by atoms with Crippen LogP contribution in [0.3, 0.4) is 0 Å². The van der Waals surface area contributed by atoms with Gasteiger partial charge in [0.25, 0.3) is 0 Å². The minimum absolute atomic E-state index is 0.0389. The Hall–Kier alpha value is -0.980. The lowest BCUT2D eigenvalue weighted by Gasteiger charge is -2.26. The molecule has 2 rings (SSSR count). The van der Waals surface area contributed by atoms with Crippen molar-refractivity contribution in [1.29, 1.82) is 0 Å². The van der Waals surface area contributed by atoms with E-state index in [2.05, 4.69) is 36.5 Å². The van der Waals surface area contributed by atoms with Crippen molar-refractivity contribution in [2.45, 2.75) is 51.6 Å². The van der Waals surface area contributed by atoms with Gasteiger partial charge < -0.3 is 15.8 Å². The number of ether oxygens (including phenoxy) is 1. The van der Waals surface area contributed by atoms with E-state index >= 15 is 0 Å². The molecule has 0 aliphatic carbocycles. The van der Waals surface area contributed by atoms with Gasteiger partial charge in [0, 0.05) is 24.0 Å². The number of aromatic nitrogens is 1. The number of thiazole rings is 1. The highest BCUT2D eigenvalue weighted by Crippen LogP contribution is 2.24. The Morgan fingerprint density at radius 2 is 2.19 bits per heavy atom. The second-order valence-electron chi connectivity index (χ2n) is 6.57. The largest absolute Gasteiger partial charge is 0.381 e. The van der Waals surface area contributed by atoms with Crippen LogP contribution in [0.5, 0.6) is 0 Å². The topological polar surface area (TPSA) is 77.2 Å². The summed E-state index contributed by atoms with van der Waals surface area (Å²) in [5.74, 6) is 0.134. The molecular formula is C15H25N3O2S. The Morgan fingerprint density at radius 3 is 2.76 bits per heavy atom. The number of nitrogens with zero attached hydrogens (tertiary/aromatic N) is 1. The summed E-state index contributed by atoms with van der Waals surface area (Å²) in [6, 6.07) is -0.448. The Labute approximate surface area is 130 Å².